The number of ether oxygens (including phenoxy) is 2. The van der Waals surface area contributed by atoms with Crippen LogP contribution in [0.4, 0.5) is 0 Å². The predicted octanol–water partition coefficient (Wildman–Crippen LogP) is 4.30. The van der Waals surface area contributed by atoms with E-state index in [-0.39, 0.29) is 12.2 Å². The van der Waals surface area contributed by atoms with E-state index in [1.807, 2.05) is 52.1 Å². The molecule has 0 spiro atoms. The van der Waals surface area contributed by atoms with Crippen LogP contribution in [0.2, 0.25) is 0 Å². The Hall–Kier alpha value is -2.91. The van der Waals surface area contributed by atoms with Gasteiger partial charge in [0.25, 0.3) is 5.56 Å². The Balaban J connectivity index is 2.02. The number of aryl methyl sites for hydroxylation is 1. The maximum atomic E-state index is 13.9. The van der Waals surface area contributed by atoms with Crippen molar-refractivity contribution >= 4 is 39.3 Å². The number of hydrogen-bond donors (Lipinski definition) is 0. The molecular weight excluding hydrogens is 542 g/mol. The number of halogens is 1. The second kappa shape index (κ2) is 10.6. The van der Waals surface area contributed by atoms with E-state index in [4.69, 9.17) is 14.5 Å². The van der Waals surface area contributed by atoms with Gasteiger partial charge in [-0.05, 0) is 78.5 Å². The lowest BCUT2D eigenvalue weighted by Crippen LogP contribution is -2.40. The van der Waals surface area contributed by atoms with Gasteiger partial charge in [-0.15, -0.1) is 0 Å². The monoisotopic (exact) mass is 571 g/mol. The van der Waals surface area contributed by atoms with Crippen molar-refractivity contribution in [2.75, 3.05) is 13.7 Å². The van der Waals surface area contributed by atoms with Gasteiger partial charge in [0.1, 0.15) is 5.75 Å². The van der Waals surface area contributed by atoms with E-state index in [2.05, 4.69) is 26.6 Å². The van der Waals surface area contributed by atoms with Gasteiger partial charge >= 0.3 is 5.97 Å². The lowest BCUT2D eigenvalue weighted by atomic mass is 9.94. The third-order valence-corrected chi connectivity index (χ3v) is 8.09. The van der Waals surface area contributed by atoms with E-state index in [0.29, 0.717) is 32.8 Å². The SMILES string of the molecule is CCCC1=C(C(=O)OCC)[C@@H](c2ccc(OC)c(Br)c2)n2c(s/c(=C/c3cc(C)n(C)c3C)c2=O)=N1. The Kier molecular flexibility index (Phi) is 7.70. The molecule has 0 aliphatic carbocycles. The minimum Gasteiger partial charge on any atom is -0.496 e. The summed E-state index contributed by atoms with van der Waals surface area (Å²) in [7, 11) is 3.60. The third-order valence-electron chi connectivity index (χ3n) is 6.48. The second-order valence-corrected chi connectivity index (χ2v) is 10.6. The van der Waals surface area contributed by atoms with Crippen LogP contribution in [0.15, 0.2) is 49.8 Å². The summed E-state index contributed by atoms with van der Waals surface area (Å²) in [5.41, 5.74) is 4.83. The molecule has 0 saturated heterocycles. The Labute approximate surface area is 222 Å². The van der Waals surface area contributed by atoms with Crippen LogP contribution >= 0.6 is 27.3 Å². The Morgan fingerprint density at radius 2 is 2.00 bits per heavy atom. The molecule has 4 rings (SSSR count). The highest BCUT2D eigenvalue weighted by molar-refractivity contribution is 9.10. The fraction of sp³-hybridized carbons (Fsp3) is 0.370. The highest BCUT2D eigenvalue weighted by Gasteiger charge is 2.34. The normalized spacial score (nSPS) is 15.6. The zero-order valence-electron chi connectivity index (χ0n) is 21.3. The fourth-order valence-electron chi connectivity index (χ4n) is 4.46. The first-order chi connectivity index (χ1) is 17.2. The first-order valence-corrected chi connectivity index (χ1v) is 13.5. The number of fused-ring (bicyclic) bond motifs is 1. The molecule has 190 valence electrons. The second-order valence-electron chi connectivity index (χ2n) is 8.69. The highest BCUT2D eigenvalue weighted by Crippen LogP contribution is 2.36. The highest BCUT2D eigenvalue weighted by atomic mass is 79.9. The minimum atomic E-state index is -0.662. The molecular formula is C27H30BrN3O4S. The topological polar surface area (TPSA) is 74.8 Å². The number of hydrogen-bond acceptors (Lipinski definition) is 6. The molecule has 1 aliphatic rings. The molecule has 0 radical (unpaired) electrons. The van der Waals surface area contributed by atoms with Gasteiger partial charge in [-0.25, -0.2) is 9.79 Å². The van der Waals surface area contributed by atoms with Crippen LogP contribution in [-0.2, 0) is 16.6 Å². The third kappa shape index (κ3) is 4.62. The molecule has 1 aliphatic heterocycles. The van der Waals surface area contributed by atoms with Crippen molar-refractivity contribution in [1.82, 2.24) is 9.13 Å². The number of allylic oxidation sites excluding steroid dienone is 1. The molecule has 0 N–H and O–H groups in total. The Bertz CT molecular complexity index is 1540. The van der Waals surface area contributed by atoms with E-state index in [9.17, 15) is 9.59 Å². The molecule has 1 aromatic carbocycles. The average molecular weight is 573 g/mol. The van der Waals surface area contributed by atoms with Crippen molar-refractivity contribution in [3.05, 3.63) is 82.2 Å². The molecule has 2 aromatic heterocycles. The number of esters is 1. The number of nitrogens with zero attached hydrogens (tertiary/aromatic N) is 3. The molecule has 0 unspecified atom stereocenters. The number of carbonyl (C=O) groups excluding carboxylic acids is 1. The quantitative estimate of drug-likeness (QED) is 0.396. The van der Waals surface area contributed by atoms with Crippen molar-refractivity contribution in [2.24, 2.45) is 12.0 Å². The number of aromatic nitrogens is 2. The summed E-state index contributed by atoms with van der Waals surface area (Å²) < 4.78 is 15.9. The number of methoxy groups -OCH3 is 1. The smallest absolute Gasteiger partial charge is 0.338 e. The molecule has 0 saturated carbocycles. The molecule has 3 aromatic rings. The van der Waals surface area contributed by atoms with Crippen LogP contribution in [0, 0.1) is 13.8 Å². The number of thiazole rings is 1. The van der Waals surface area contributed by atoms with Crippen molar-refractivity contribution in [3.63, 3.8) is 0 Å². The summed E-state index contributed by atoms with van der Waals surface area (Å²) in [4.78, 5) is 32.5. The summed E-state index contributed by atoms with van der Waals surface area (Å²) in [5, 5.41) is 0. The molecule has 9 heteroatoms. The van der Waals surface area contributed by atoms with Crippen LogP contribution in [0.1, 0.15) is 55.2 Å². The van der Waals surface area contributed by atoms with Crippen LogP contribution in [0.5, 0.6) is 5.75 Å². The molecule has 0 bridgehead atoms. The summed E-state index contributed by atoms with van der Waals surface area (Å²) in [5.74, 6) is 0.210. The van der Waals surface area contributed by atoms with Gasteiger partial charge in [-0.3, -0.25) is 9.36 Å². The number of rotatable bonds is 7. The largest absolute Gasteiger partial charge is 0.496 e. The standard InChI is InChI=1S/C27H30BrN3O4S/c1-7-9-20-23(26(33)35-8-2)24(17-10-11-21(34-6)19(28)13-17)31-25(32)22(36-27(31)29-20)14-18-12-15(3)30(5)16(18)4/h10-14,24H,7-9H2,1-6H3/b22-14+/t24-/m1/s1. The summed E-state index contributed by atoms with van der Waals surface area (Å²) >= 11 is 4.90. The maximum Gasteiger partial charge on any atom is 0.338 e. The van der Waals surface area contributed by atoms with Gasteiger partial charge in [0.2, 0.25) is 0 Å². The minimum absolute atomic E-state index is 0.186. The predicted molar refractivity (Wildman–Crippen MR) is 145 cm³/mol. The number of carbonyl (C=O) groups is 1. The fourth-order valence-corrected chi connectivity index (χ4v) is 6.03. The van der Waals surface area contributed by atoms with Gasteiger partial charge in [-0.2, -0.15) is 0 Å². The lowest BCUT2D eigenvalue weighted by molar-refractivity contribution is -0.139. The molecule has 0 fully saturated rings. The van der Waals surface area contributed by atoms with Crippen molar-refractivity contribution in [3.8, 4) is 5.75 Å². The zero-order chi connectivity index (χ0) is 26.1. The first kappa shape index (κ1) is 26.2. The van der Waals surface area contributed by atoms with Gasteiger partial charge in [0.15, 0.2) is 4.80 Å². The van der Waals surface area contributed by atoms with Gasteiger partial charge in [0, 0.05) is 18.4 Å². The zero-order valence-corrected chi connectivity index (χ0v) is 23.7. The molecule has 36 heavy (non-hydrogen) atoms. The van der Waals surface area contributed by atoms with E-state index in [1.54, 1.807) is 18.6 Å². The van der Waals surface area contributed by atoms with Crippen molar-refractivity contribution < 1.29 is 14.3 Å². The van der Waals surface area contributed by atoms with E-state index in [0.717, 1.165) is 33.4 Å². The summed E-state index contributed by atoms with van der Waals surface area (Å²) in [6.45, 7) is 8.12. The van der Waals surface area contributed by atoms with Crippen molar-refractivity contribution in [1.29, 1.82) is 0 Å². The van der Waals surface area contributed by atoms with Crippen LogP contribution in [-0.4, -0.2) is 28.8 Å². The summed E-state index contributed by atoms with van der Waals surface area (Å²) in [6, 6.07) is 7.00. The Morgan fingerprint density at radius 3 is 2.58 bits per heavy atom. The average Bonchev–Trinajstić information content (AvgIpc) is 3.28. The Morgan fingerprint density at radius 1 is 1.25 bits per heavy atom. The van der Waals surface area contributed by atoms with Gasteiger partial charge in [-0.1, -0.05) is 30.7 Å². The first-order valence-electron chi connectivity index (χ1n) is 11.9. The van der Waals surface area contributed by atoms with Gasteiger partial charge in [0.05, 0.1) is 40.0 Å². The molecule has 3 heterocycles. The molecule has 1 atom stereocenters. The van der Waals surface area contributed by atoms with E-state index < -0.39 is 12.0 Å². The van der Waals surface area contributed by atoms with E-state index in [1.165, 1.54) is 11.3 Å². The van der Waals surface area contributed by atoms with E-state index >= 15 is 0 Å². The van der Waals surface area contributed by atoms with Crippen molar-refractivity contribution in [2.45, 2.75) is 46.6 Å². The lowest BCUT2D eigenvalue weighted by Gasteiger charge is -2.26. The van der Waals surface area contributed by atoms with Crippen LogP contribution < -0.4 is 19.6 Å². The maximum absolute atomic E-state index is 13.9. The molecule has 7 nitrogen and oxygen atoms in total. The van der Waals surface area contributed by atoms with Crippen LogP contribution in [0.3, 0.4) is 0 Å². The van der Waals surface area contributed by atoms with Gasteiger partial charge < -0.3 is 14.0 Å². The molecule has 0 amide bonds. The number of benzene rings is 1. The summed E-state index contributed by atoms with van der Waals surface area (Å²) in [6.07, 6.45) is 3.32. The van der Waals surface area contributed by atoms with Crippen LogP contribution in [0.25, 0.3) is 6.08 Å².